The number of hydrogen-bond donors (Lipinski definition) is 1. The number of imidazole rings is 1. The normalized spacial score (nSPS) is 17.3. The molecule has 1 saturated carbocycles. The Morgan fingerprint density at radius 2 is 2.00 bits per heavy atom. The maximum Gasteiger partial charge on any atom is 0.202 e. The second-order valence-corrected chi connectivity index (χ2v) is 4.57. The molecule has 16 heavy (non-hydrogen) atoms. The van der Waals surface area contributed by atoms with Gasteiger partial charge in [-0.15, -0.1) is 0 Å². The highest BCUT2D eigenvalue weighted by molar-refractivity contribution is 5.74. The maximum atomic E-state index is 6.00. The molecule has 0 radical (unpaired) electrons. The lowest BCUT2D eigenvalue weighted by atomic mass is 10.2. The van der Waals surface area contributed by atoms with Gasteiger partial charge in [-0.3, -0.25) is 4.57 Å². The zero-order valence-electron chi connectivity index (χ0n) is 9.48. The van der Waals surface area contributed by atoms with E-state index in [2.05, 4.69) is 14.5 Å². The number of nitrogen functional groups attached to an aromatic ring is 1. The minimum Gasteiger partial charge on any atom is -0.369 e. The van der Waals surface area contributed by atoms with Gasteiger partial charge in [-0.1, -0.05) is 12.8 Å². The monoisotopic (exact) mass is 216 g/mol. The molecule has 2 heterocycles. The molecule has 0 bridgehead atoms. The van der Waals surface area contributed by atoms with Gasteiger partial charge < -0.3 is 5.73 Å². The lowest BCUT2D eigenvalue weighted by Gasteiger charge is -2.13. The maximum absolute atomic E-state index is 6.00. The van der Waals surface area contributed by atoms with Gasteiger partial charge >= 0.3 is 0 Å². The summed E-state index contributed by atoms with van der Waals surface area (Å²) < 4.78 is 2.12. The number of aromatic nitrogens is 3. The molecule has 2 N–H and O–H groups in total. The van der Waals surface area contributed by atoms with Gasteiger partial charge in [-0.25, -0.2) is 9.97 Å². The molecule has 2 aromatic heterocycles. The first-order valence-electron chi connectivity index (χ1n) is 5.87. The quantitative estimate of drug-likeness (QED) is 0.796. The third-order valence-corrected chi connectivity index (χ3v) is 3.39. The molecular weight excluding hydrogens is 200 g/mol. The van der Waals surface area contributed by atoms with E-state index in [-0.39, 0.29) is 0 Å². The Morgan fingerprint density at radius 3 is 2.75 bits per heavy atom. The number of pyridine rings is 1. The molecule has 3 rings (SSSR count). The predicted octanol–water partition coefficient (Wildman–Crippen LogP) is 2.44. The van der Waals surface area contributed by atoms with Crippen LogP contribution >= 0.6 is 0 Å². The van der Waals surface area contributed by atoms with Crippen LogP contribution < -0.4 is 5.73 Å². The molecule has 4 heteroatoms. The van der Waals surface area contributed by atoms with Crippen molar-refractivity contribution in [2.45, 2.75) is 38.6 Å². The van der Waals surface area contributed by atoms with Crippen LogP contribution in [0.25, 0.3) is 11.2 Å². The topological polar surface area (TPSA) is 56.7 Å². The highest BCUT2D eigenvalue weighted by Crippen LogP contribution is 2.33. The predicted molar refractivity (Wildman–Crippen MR) is 64.2 cm³/mol. The molecule has 1 aliphatic carbocycles. The van der Waals surface area contributed by atoms with Crippen molar-refractivity contribution >= 4 is 17.1 Å². The molecule has 84 valence electrons. The highest BCUT2D eigenvalue weighted by atomic mass is 15.2. The van der Waals surface area contributed by atoms with Gasteiger partial charge in [0.1, 0.15) is 5.52 Å². The Labute approximate surface area is 94.5 Å². The van der Waals surface area contributed by atoms with Crippen LogP contribution in [0, 0.1) is 6.92 Å². The molecule has 0 aliphatic heterocycles. The number of fused-ring (bicyclic) bond motifs is 1. The summed E-state index contributed by atoms with van der Waals surface area (Å²) in [6, 6.07) is 4.48. The average Bonchev–Trinajstić information content (AvgIpc) is 2.83. The molecule has 0 amide bonds. The van der Waals surface area contributed by atoms with E-state index < -0.39 is 0 Å². The lowest BCUT2D eigenvalue weighted by molar-refractivity contribution is 0.536. The zero-order valence-corrected chi connectivity index (χ0v) is 9.48. The van der Waals surface area contributed by atoms with Gasteiger partial charge in [0, 0.05) is 11.7 Å². The van der Waals surface area contributed by atoms with E-state index in [4.69, 9.17) is 5.73 Å². The van der Waals surface area contributed by atoms with Crippen molar-refractivity contribution in [2.24, 2.45) is 0 Å². The Morgan fingerprint density at radius 1 is 1.25 bits per heavy atom. The van der Waals surface area contributed by atoms with Crippen molar-refractivity contribution in [3.05, 3.63) is 17.8 Å². The number of anilines is 1. The van der Waals surface area contributed by atoms with E-state index in [9.17, 15) is 0 Å². The molecule has 0 atom stereocenters. The van der Waals surface area contributed by atoms with Crippen LogP contribution in [-0.4, -0.2) is 14.5 Å². The summed E-state index contributed by atoms with van der Waals surface area (Å²) in [6.07, 6.45) is 4.97. The van der Waals surface area contributed by atoms with Crippen molar-refractivity contribution in [2.75, 3.05) is 5.73 Å². The molecule has 0 saturated heterocycles. The van der Waals surface area contributed by atoms with Crippen molar-refractivity contribution in [3.8, 4) is 0 Å². The van der Waals surface area contributed by atoms with Crippen molar-refractivity contribution in [1.29, 1.82) is 0 Å². The molecule has 4 nitrogen and oxygen atoms in total. The second kappa shape index (κ2) is 3.47. The smallest absolute Gasteiger partial charge is 0.202 e. The summed E-state index contributed by atoms with van der Waals surface area (Å²) in [5.41, 5.74) is 8.88. The van der Waals surface area contributed by atoms with Gasteiger partial charge in [0.15, 0.2) is 5.65 Å². The van der Waals surface area contributed by atoms with Crippen molar-refractivity contribution < 1.29 is 0 Å². The van der Waals surface area contributed by atoms with E-state index in [0.717, 1.165) is 16.9 Å². The van der Waals surface area contributed by atoms with Crippen molar-refractivity contribution in [3.63, 3.8) is 0 Å². The molecule has 0 unspecified atom stereocenters. The third kappa shape index (κ3) is 1.37. The summed E-state index contributed by atoms with van der Waals surface area (Å²) in [5.74, 6) is 0.611. The Hall–Kier alpha value is -1.58. The van der Waals surface area contributed by atoms with E-state index in [1.807, 2.05) is 19.1 Å². The van der Waals surface area contributed by atoms with Gasteiger partial charge in [0.2, 0.25) is 5.95 Å². The van der Waals surface area contributed by atoms with Crippen LogP contribution in [0.15, 0.2) is 12.1 Å². The number of hydrogen-bond acceptors (Lipinski definition) is 3. The fraction of sp³-hybridized carbons (Fsp3) is 0.500. The molecule has 0 aromatic carbocycles. The molecule has 2 aromatic rings. The molecule has 1 fully saturated rings. The standard InChI is InChI=1S/C12H16N4/c1-8-6-7-10-11(14-8)16(12(13)15-10)9-4-2-3-5-9/h6-7,9H,2-5H2,1H3,(H2,13,15). The molecular formula is C12H16N4. The highest BCUT2D eigenvalue weighted by Gasteiger charge is 2.22. The summed E-state index contributed by atoms with van der Waals surface area (Å²) in [6.45, 7) is 2.00. The van der Waals surface area contributed by atoms with Gasteiger partial charge in [-0.05, 0) is 31.9 Å². The third-order valence-electron chi connectivity index (χ3n) is 3.39. The SMILES string of the molecule is Cc1ccc2nc(N)n(C3CCCC3)c2n1. The van der Waals surface area contributed by atoms with Crippen LogP contribution in [0.3, 0.4) is 0 Å². The van der Waals surface area contributed by atoms with E-state index in [1.54, 1.807) is 0 Å². The van der Waals surface area contributed by atoms with Gasteiger partial charge in [-0.2, -0.15) is 0 Å². The van der Waals surface area contributed by atoms with Crippen LogP contribution in [-0.2, 0) is 0 Å². The summed E-state index contributed by atoms with van der Waals surface area (Å²) >= 11 is 0. The fourth-order valence-electron chi connectivity index (χ4n) is 2.61. The average molecular weight is 216 g/mol. The minimum atomic E-state index is 0.499. The number of nitrogens with two attached hydrogens (primary N) is 1. The first-order chi connectivity index (χ1) is 7.75. The van der Waals surface area contributed by atoms with E-state index in [1.165, 1.54) is 25.7 Å². The van der Waals surface area contributed by atoms with E-state index in [0.29, 0.717) is 12.0 Å². The van der Waals surface area contributed by atoms with E-state index >= 15 is 0 Å². The summed E-state index contributed by atoms with van der Waals surface area (Å²) in [4.78, 5) is 8.94. The summed E-state index contributed by atoms with van der Waals surface area (Å²) in [5, 5.41) is 0. The molecule has 1 aliphatic rings. The van der Waals surface area contributed by atoms with Crippen LogP contribution in [0.1, 0.15) is 37.4 Å². The first-order valence-corrected chi connectivity index (χ1v) is 5.87. The lowest BCUT2D eigenvalue weighted by Crippen LogP contribution is -2.09. The Bertz CT molecular complexity index is 523. The Kier molecular flexibility index (Phi) is 2.09. The summed E-state index contributed by atoms with van der Waals surface area (Å²) in [7, 11) is 0. The minimum absolute atomic E-state index is 0.499. The fourth-order valence-corrected chi connectivity index (χ4v) is 2.61. The van der Waals surface area contributed by atoms with Crippen molar-refractivity contribution in [1.82, 2.24) is 14.5 Å². The number of rotatable bonds is 1. The first kappa shape index (κ1) is 9.63. The molecule has 0 spiro atoms. The van der Waals surface area contributed by atoms with Crippen LogP contribution in [0.5, 0.6) is 0 Å². The Balaban J connectivity index is 2.20. The number of nitrogens with zero attached hydrogens (tertiary/aromatic N) is 3. The van der Waals surface area contributed by atoms with Gasteiger partial charge in [0.25, 0.3) is 0 Å². The zero-order chi connectivity index (χ0) is 11.1. The van der Waals surface area contributed by atoms with Gasteiger partial charge in [0.05, 0.1) is 0 Å². The largest absolute Gasteiger partial charge is 0.369 e. The number of aryl methyl sites for hydroxylation is 1. The van der Waals surface area contributed by atoms with Crippen LogP contribution in [0.4, 0.5) is 5.95 Å². The van der Waals surface area contributed by atoms with Crippen LogP contribution in [0.2, 0.25) is 0 Å². The second-order valence-electron chi connectivity index (χ2n) is 4.57.